The zero-order valence-electron chi connectivity index (χ0n) is 14.3. The van der Waals surface area contributed by atoms with Crippen LogP contribution in [0.25, 0.3) is 0 Å². The molecule has 1 saturated carbocycles. The van der Waals surface area contributed by atoms with Gasteiger partial charge in [0, 0.05) is 24.2 Å². The molecular weight excluding hydrogens is 338 g/mol. The van der Waals surface area contributed by atoms with Crippen LogP contribution in [-0.2, 0) is 11.2 Å². The molecule has 1 N–H and O–H groups in total. The molecule has 2 aliphatic heterocycles. The fraction of sp³-hybridized carbons (Fsp3) is 0.579. The molecule has 2 heterocycles. The summed E-state index contributed by atoms with van der Waals surface area (Å²) in [5, 5.41) is 3.81. The lowest BCUT2D eigenvalue weighted by Crippen LogP contribution is -2.58. The number of fused-ring (bicyclic) bond motifs is 3. The van der Waals surface area contributed by atoms with Crippen molar-refractivity contribution in [2.24, 2.45) is 0 Å². The Morgan fingerprint density at radius 3 is 2.80 bits per heavy atom. The molecule has 134 valence electrons. The Kier molecular flexibility index (Phi) is 4.59. The lowest BCUT2D eigenvalue weighted by Gasteiger charge is -2.44. The van der Waals surface area contributed by atoms with E-state index in [0.717, 1.165) is 31.4 Å². The van der Waals surface area contributed by atoms with Crippen molar-refractivity contribution in [3.8, 4) is 0 Å². The summed E-state index contributed by atoms with van der Waals surface area (Å²) in [6.07, 6.45) is 6.54. The number of carbonyl (C=O) groups is 2. The van der Waals surface area contributed by atoms with Gasteiger partial charge in [0.05, 0.1) is 6.04 Å². The molecule has 0 aromatic heterocycles. The van der Waals surface area contributed by atoms with E-state index in [1.54, 1.807) is 4.90 Å². The van der Waals surface area contributed by atoms with Crippen LogP contribution in [0, 0.1) is 0 Å². The van der Waals surface area contributed by atoms with Crippen molar-refractivity contribution in [3.63, 3.8) is 0 Å². The minimum atomic E-state index is -0.103. The van der Waals surface area contributed by atoms with Crippen LogP contribution in [0.4, 0.5) is 4.79 Å². The van der Waals surface area contributed by atoms with Gasteiger partial charge in [-0.15, -0.1) is 0 Å². The fourth-order valence-electron chi connectivity index (χ4n) is 4.36. The maximum atomic E-state index is 12.7. The number of rotatable bonds is 1. The second kappa shape index (κ2) is 6.87. The van der Waals surface area contributed by atoms with E-state index in [4.69, 9.17) is 11.6 Å². The van der Waals surface area contributed by atoms with E-state index in [9.17, 15) is 9.59 Å². The van der Waals surface area contributed by atoms with Gasteiger partial charge in [-0.3, -0.25) is 4.79 Å². The molecule has 4 rings (SSSR count). The zero-order valence-corrected chi connectivity index (χ0v) is 15.1. The summed E-state index contributed by atoms with van der Waals surface area (Å²) in [5.41, 5.74) is 2.32. The first-order valence-electron chi connectivity index (χ1n) is 9.25. The molecule has 6 heteroatoms. The summed E-state index contributed by atoms with van der Waals surface area (Å²) in [6, 6.07) is 5.95. The summed E-state index contributed by atoms with van der Waals surface area (Å²) >= 11 is 6.18. The highest BCUT2D eigenvalue weighted by atomic mass is 35.5. The number of amides is 3. The maximum absolute atomic E-state index is 12.7. The summed E-state index contributed by atoms with van der Waals surface area (Å²) in [6.45, 7) is 1.43. The largest absolute Gasteiger partial charge is 0.335 e. The number of hydrogen-bond donors (Lipinski definition) is 1. The molecule has 1 aromatic rings. The molecule has 1 aromatic carbocycles. The van der Waals surface area contributed by atoms with E-state index < -0.39 is 0 Å². The Bertz CT molecular complexity index is 687. The summed E-state index contributed by atoms with van der Waals surface area (Å²) < 4.78 is 0. The van der Waals surface area contributed by atoms with Gasteiger partial charge >= 0.3 is 6.03 Å². The molecule has 5 nitrogen and oxygen atoms in total. The molecule has 1 saturated heterocycles. The molecule has 1 atom stereocenters. The van der Waals surface area contributed by atoms with Gasteiger partial charge < -0.3 is 15.1 Å². The van der Waals surface area contributed by atoms with Gasteiger partial charge in [0.15, 0.2) is 0 Å². The molecule has 0 radical (unpaired) electrons. The smallest absolute Gasteiger partial charge is 0.318 e. The van der Waals surface area contributed by atoms with Crippen LogP contribution < -0.4 is 5.32 Å². The third-order valence-corrected chi connectivity index (χ3v) is 5.96. The van der Waals surface area contributed by atoms with Crippen molar-refractivity contribution in [3.05, 3.63) is 34.3 Å². The monoisotopic (exact) mass is 361 g/mol. The Morgan fingerprint density at radius 2 is 2.00 bits per heavy atom. The normalized spacial score (nSPS) is 23.9. The molecule has 0 spiro atoms. The predicted molar refractivity (Wildman–Crippen MR) is 96.6 cm³/mol. The van der Waals surface area contributed by atoms with Crippen molar-refractivity contribution in [1.29, 1.82) is 0 Å². The van der Waals surface area contributed by atoms with Gasteiger partial charge in [-0.25, -0.2) is 4.79 Å². The Hall–Kier alpha value is -1.75. The van der Waals surface area contributed by atoms with E-state index in [1.165, 1.54) is 24.8 Å². The minimum Gasteiger partial charge on any atom is -0.335 e. The van der Waals surface area contributed by atoms with Crippen molar-refractivity contribution >= 4 is 23.5 Å². The van der Waals surface area contributed by atoms with Gasteiger partial charge in [0.2, 0.25) is 5.91 Å². The van der Waals surface area contributed by atoms with Gasteiger partial charge in [0.1, 0.15) is 6.54 Å². The molecule has 3 aliphatic rings. The number of halogens is 1. The number of nitrogens with one attached hydrogen (secondary N) is 1. The zero-order chi connectivity index (χ0) is 17.4. The third-order valence-electron chi connectivity index (χ3n) is 5.72. The Morgan fingerprint density at radius 1 is 1.20 bits per heavy atom. The summed E-state index contributed by atoms with van der Waals surface area (Å²) in [4.78, 5) is 28.9. The average molecular weight is 362 g/mol. The first-order chi connectivity index (χ1) is 12.1. The lowest BCUT2D eigenvalue weighted by atomic mass is 9.90. The molecule has 0 bridgehead atoms. The van der Waals surface area contributed by atoms with Crippen LogP contribution in [0.2, 0.25) is 5.02 Å². The molecular formula is C19H24ClN3O2. The fourth-order valence-corrected chi connectivity index (χ4v) is 4.54. The van der Waals surface area contributed by atoms with Crippen LogP contribution in [0.5, 0.6) is 0 Å². The van der Waals surface area contributed by atoms with E-state index in [0.29, 0.717) is 11.6 Å². The van der Waals surface area contributed by atoms with E-state index in [1.807, 2.05) is 23.1 Å². The highest BCUT2D eigenvalue weighted by Crippen LogP contribution is 2.34. The van der Waals surface area contributed by atoms with Crippen molar-refractivity contribution in [1.82, 2.24) is 15.1 Å². The molecule has 3 amide bonds. The predicted octanol–water partition coefficient (Wildman–Crippen LogP) is 3.12. The number of carbonyl (C=O) groups excluding carboxylic acids is 2. The van der Waals surface area contributed by atoms with Crippen molar-refractivity contribution < 1.29 is 9.59 Å². The first kappa shape index (κ1) is 16.7. The molecule has 1 unspecified atom stereocenters. The third kappa shape index (κ3) is 3.34. The molecule has 25 heavy (non-hydrogen) atoms. The van der Waals surface area contributed by atoms with Gasteiger partial charge in [0.25, 0.3) is 0 Å². The van der Waals surface area contributed by atoms with Crippen LogP contribution in [-0.4, -0.2) is 47.4 Å². The van der Waals surface area contributed by atoms with Gasteiger partial charge in [-0.05, 0) is 42.5 Å². The van der Waals surface area contributed by atoms with Gasteiger partial charge in [-0.1, -0.05) is 36.9 Å². The minimum absolute atomic E-state index is 0.0284. The Balaban J connectivity index is 1.51. The standard InChI is InChI=1S/C19H24ClN3O2/c20-14-7-6-13-8-9-23-17(16(13)10-14)11-22(12-18(23)24)19(25)21-15-4-2-1-3-5-15/h6-7,10,15,17H,1-5,8-9,11-12H2,(H,21,25). The second-order valence-electron chi connectivity index (χ2n) is 7.36. The maximum Gasteiger partial charge on any atom is 0.318 e. The molecule has 2 fully saturated rings. The number of piperazine rings is 1. The number of benzene rings is 1. The van der Waals surface area contributed by atoms with E-state index in [2.05, 4.69) is 5.32 Å². The second-order valence-corrected chi connectivity index (χ2v) is 7.80. The first-order valence-corrected chi connectivity index (χ1v) is 9.63. The average Bonchev–Trinajstić information content (AvgIpc) is 2.62. The number of hydrogen-bond acceptors (Lipinski definition) is 2. The van der Waals surface area contributed by atoms with Gasteiger partial charge in [-0.2, -0.15) is 0 Å². The van der Waals surface area contributed by atoms with Crippen LogP contribution in [0.15, 0.2) is 18.2 Å². The van der Waals surface area contributed by atoms with Crippen molar-refractivity contribution in [2.75, 3.05) is 19.6 Å². The quantitative estimate of drug-likeness (QED) is 0.835. The number of urea groups is 1. The Labute approximate surface area is 153 Å². The van der Waals surface area contributed by atoms with E-state index in [-0.39, 0.29) is 30.6 Å². The van der Waals surface area contributed by atoms with E-state index >= 15 is 0 Å². The number of nitrogens with zero attached hydrogens (tertiary/aromatic N) is 2. The highest BCUT2D eigenvalue weighted by molar-refractivity contribution is 6.30. The topological polar surface area (TPSA) is 52.7 Å². The summed E-state index contributed by atoms with van der Waals surface area (Å²) in [5.74, 6) is 0.0284. The van der Waals surface area contributed by atoms with Crippen LogP contribution in [0.1, 0.15) is 49.3 Å². The lowest BCUT2D eigenvalue weighted by molar-refractivity contribution is -0.139. The van der Waals surface area contributed by atoms with Crippen LogP contribution >= 0.6 is 11.6 Å². The SMILES string of the molecule is O=C(NC1CCCCC1)N1CC(=O)N2CCc3ccc(Cl)cc3C2C1. The highest BCUT2D eigenvalue weighted by Gasteiger charge is 2.39. The van der Waals surface area contributed by atoms with Crippen molar-refractivity contribution in [2.45, 2.75) is 50.6 Å². The molecule has 1 aliphatic carbocycles. The van der Waals surface area contributed by atoms with Crippen LogP contribution in [0.3, 0.4) is 0 Å². The summed E-state index contributed by atoms with van der Waals surface area (Å²) in [7, 11) is 0.